The number of para-hydroxylation sites is 1. The second-order valence-corrected chi connectivity index (χ2v) is 5.40. The number of nitrogens with zero attached hydrogens (tertiary/aromatic N) is 2. The third-order valence-corrected chi connectivity index (χ3v) is 4.09. The maximum atomic E-state index is 12.6. The fourth-order valence-electron chi connectivity index (χ4n) is 2.91. The summed E-state index contributed by atoms with van der Waals surface area (Å²) in [5.41, 5.74) is 0.222. The van der Waals surface area contributed by atoms with Crippen LogP contribution in [-0.2, 0) is 4.79 Å². The third-order valence-electron chi connectivity index (χ3n) is 4.09. The van der Waals surface area contributed by atoms with Gasteiger partial charge in [-0.05, 0) is 24.3 Å². The van der Waals surface area contributed by atoms with Gasteiger partial charge in [0, 0.05) is 18.2 Å². The van der Waals surface area contributed by atoms with Crippen LogP contribution in [0.15, 0.2) is 53.8 Å². The van der Waals surface area contributed by atoms with E-state index < -0.39 is 5.60 Å². The number of hydrogen-bond donors (Lipinski definition) is 2. The van der Waals surface area contributed by atoms with E-state index in [1.54, 1.807) is 30.5 Å². The molecule has 1 saturated carbocycles. The Morgan fingerprint density at radius 2 is 2.14 bits per heavy atom. The summed E-state index contributed by atoms with van der Waals surface area (Å²) in [5, 5.41) is 15.5. The van der Waals surface area contributed by atoms with E-state index in [9.17, 15) is 10.0 Å². The Balaban J connectivity index is 1.66. The van der Waals surface area contributed by atoms with E-state index in [2.05, 4.69) is 15.5 Å². The standard InChI is InChI=1S/C16H13N3O3/c20-15(18-13-7-3-4-8-17-13)16-9-11(16)14(19-21)10-5-1-2-6-12(10)22-16/h1-8,11,21H,9H2,(H,17,18,20)/b19-14-. The van der Waals surface area contributed by atoms with E-state index in [1.807, 2.05) is 18.2 Å². The van der Waals surface area contributed by atoms with Crippen molar-refractivity contribution in [1.82, 2.24) is 4.98 Å². The average molecular weight is 295 g/mol. The Bertz CT molecular complexity index is 775. The van der Waals surface area contributed by atoms with Crippen LogP contribution in [0.5, 0.6) is 5.75 Å². The van der Waals surface area contributed by atoms with Crippen LogP contribution >= 0.6 is 0 Å². The number of rotatable bonds is 2. The van der Waals surface area contributed by atoms with Gasteiger partial charge in [-0.2, -0.15) is 0 Å². The lowest BCUT2D eigenvalue weighted by atomic mass is 9.99. The molecule has 6 heteroatoms. The maximum absolute atomic E-state index is 12.6. The maximum Gasteiger partial charge on any atom is 0.270 e. The van der Waals surface area contributed by atoms with Crippen molar-refractivity contribution in [3.05, 3.63) is 54.2 Å². The molecule has 1 amide bonds. The van der Waals surface area contributed by atoms with Crippen molar-refractivity contribution in [2.24, 2.45) is 11.1 Å². The van der Waals surface area contributed by atoms with Crippen LogP contribution in [-0.4, -0.2) is 27.4 Å². The minimum Gasteiger partial charge on any atom is -0.476 e. The van der Waals surface area contributed by atoms with E-state index in [0.717, 1.165) is 5.56 Å². The number of carbonyl (C=O) groups excluding carboxylic acids is 1. The lowest BCUT2D eigenvalue weighted by molar-refractivity contribution is -0.125. The summed E-state index contributed by atoms with van der Waals surface area (Å²) in [6.45, 7) is 0. The molecule has 1 fully saturated rings. The van der Waals surface area contributed by atoms with E-state index in [-0.39, 0.29) is 11.8 Å². The monoisotopic (exact) mass is 295 g/mol. The van der Waals surface area contributed by atoms with Crippen LogP contribution in [0.4, 0.5) is 5.82 Å². The molecule has 1 aliphatic carbocycles. The van der Waals surface area contributed by atoms with Gasteiger partial charge in [-0.15, -0.1) is 0 Å². The van der Waals surface area contributed by atoms with Crippen molar-refractivity contribution < 1.29 is 14.7 Å². The fourth-order valence-corrected chi connectivity index (χ4v) is 2.91. The van der Waals surface area contributed by atoms with Gasteiger partial charge in [-0.1, -0.05) is 23.4 Å². The predicted octanol–water partition coefficient (Wildman–Crippen LogP) is 2.05. The molecule has 0 bridgehead atoms. The van der Waals surface area contributed by atoms with E-state index >= 15 is 0 Å². The minimum atomic E-state index is -1.01. The minimum absolute atomic E-state index is 0.240. The molecule has 110 valence electrons. The van der Waals surface area contributed by atoms with E-state index in [1.165, 1.54) is 0 Å². The molecule has 1 aromatic carbocycles. The predicted molar refractivity (Wildman–Crippen MR) is 79.1 cm³/mol. The SMILES string of the molecule is O=C(Nc1ccccn1)C12CC1/C(=N\O)c1ccccc1O2. The summed E-state index contributed by atoms with van der Waals surface area (Å²) in [5.74, 6) is 0.514. The van der Waals surface area contributed by atoms with Crippen molar-refractivity contribution in [3.63, 3.8) is 0 Å². The molecule has 6 nitrogen and oxygen atoms in total. The number of benzene rings is 1. The molecule has 2 aromatic rings. The van der Waals surface area contributed by atoms with Crippen molar-refractivity contribution in [2.75, 3.05) is 5.32 Å². The van der Waals surface area contributed by atoms with Crippen molar-refractivity contribution in [1.29, 1.82) is 0 Å². The highest BCUT2D eigenvalue weighted by atomic mass is 16.5. The zero-order valence-electron chi connectivity index (χ0n) is 11.6. The Morgan fingerprint density at radius 1 is 1.32 bits per heavy atom. The summed E-state index contributed by atoms with van der Waals surface area (Å²) in [4.78, 5) is 16.7. The summed E-state index contributed by atoms with van der Waals surface area (Å²) in [7, 11) is 0. The van der Waals surface area contributed by atoms with Crippen LogP contribution in [0.2, 0.25) is 0 Å². The quantitative estimate of drug-likeness (QED) is 0.656. The number of pyridine rings is 1. The first-order valence-corrected chi connectivity index (χ1v) is 6.97. The Hall–Kier alpha value is -2.89. The second-order valence-electron chi connectivity index (χ2n) is 5.40. The molecular weight excluding hydrogens is 282 g/mol. The summed E-state index contributed by atoms with van der Waals surface area (Å²) < 4.78 is 5.93. The number of ether oxygens (including phenoxy) is 1. The molecule has 2 aliphatic rings. The summed E-state index contributed by atoms with van der Waals surface area (Å²) in [6.07, 6.45) is 2.09. The molecule has 2 unspecified atom stereocenters. The number of fused-ring (bicyclic) bond motifs is 2. The molecular formula is C16H13N3O3. The molecule has 0 radical (unpaired) electrons. The summed E-state index contributed by atoms with van der Waals surface area (Å²) >= 11 is 0. The fraction of sp³-hybridized carbons (Fsp3) is 0.188. The van der Waals surface area contributed by atoms with Crippen LogP contribution in [0.25, 0.3) is 0 Å². The lowest BCUT2D eigenvalue weighted by Crippen LogP contribution is -2.41. The van der Waals surface area contributed by atoms with Crippen LogP contribution in [0.1, 0.15) is 12.0 Å². The third kappa shape index (κ3) is 1.77. The van der Waals surface area contributed by atoms with Gasteiger partial charge in [-0.25, -0.2) is 4.98 Å². The van der Waals surface area contributed by atoms with Gasteiger partial charge in [0.05, 0.1) is 11.6 Å². The number of carbonyl (C=O) groups is 1. The van der Waals surface area contributed by atoms with E-state index in [4.69, 9.17) is 4.74 Å². The van der Waals surface area contributed by atoms with Crippen molar-refractivity contribution in [2.45, 2.75) is 12.0 Å². The lowest BCUT2D eigenvalue weighted by Gasteiger charge is -2.25. The normalized spacial score (nSPS) is 26.5. The molecule has 0 spiro atoms. The van der Waals surface area contributed by atoms with Crippen LogP contribution in [0.3, 0.4) is 0 Å². The first-order valence-electron chi connectivity index (χ1n) is 6.97. The molecule has 0 saturated heterocycles. The molecule has 1 aliphatic heterocycles. The van der Waals surface area contributed by atoms with Gasteiger partial charge in [0.15, 0.2) is 5.60 Å². The number of aromatic nitrogens is 1. The average Bonchev–Trinajstić information content (AvgIpc) is 3.29. The summed E-state index contributed by atoms with van der Waals surface area (Å²) in [6, 6.07) is 12.5. The Morgan fingerprint density at radius 3 is 2.91 bits per heavy atom. The highest BCUT2D eigenvalue weighted by molar-refractivity contribution is 6.14. The number of anilines is 1. The highest BCUT2D eigenvalue weighted by Gasteiger charge is 2.68. The first kappa shape index (κ1) is 12.8. The number of oxime groups is 1. The first-order chi connectivity index (χ1) is 10.7. The molecule has 22 heavy (non-hydrogen) atoms. The highest BCUT2D eigenvalue weighted by Crippen LogP contribution is 2.54. The molecule has 4 rings (SSSR count). The topological polar surface area (TPSA) is 83.8 Å². The number of hydrogen-bond acceptors (Lipinski definition) is 5. The van der Waals surface area contributed by atoms with Crippen LogP contribution in [0, 0.1) is 5.92 Å². The molecule has 2 atom stereocenters. The van der Waals surface area contributed by atoms with Gasteiger partial charge in [0.1, 0.15) is 11.6 Å². The Kier molecular flexibility index (Phi) is 2.66. The van der Waals surface area contributed by atoms with Gasteiger partial charge in [0.25, 0.3) is 5.91 Å². The number of nitrogens with one attached hydrogen (secondary N) is 1. The molecule has 2 heterocycles. The molecule has 2 N–H and O–H groups in total. The van der Waals surface area contributed by atoms with Gasteiger partial charge in [-0.3, -0.25) is 4.79 Å². The zero-order valence-corrected chi connectivity index (χ0v) is 11.6. The largest absolute Gasteiger partial charge is 0.476 e. The van der Waals surface area contributed by atoms with Gasteiger partial charge >= 0.3 is 0 Å². The van der Waals surface area contributed by atoms with E-state index in [0.29, 0.717) is 23.7 Å². The Labute approximate surface area is 126 Å². The van der Waals surface area contributed by atoms with Crippen molar-refractivity contribution >= 4 is 17.4 Å². The zero-order chi connectivity index (χ0) is 15.2. The molecule has 1 aromatic heterocycles. The van der Waals surface area contributed by atoms with Gasteiger partial charge in [0.2, 0.25) is 0 Å². The smallest absolute Gasteiger partial charge is 0.270 e. The number of amides is 1. The van der Waals surface area contributed by atoms with Crippen LogP contribution < -0.4 is 10.1 Å². The second kappa shape index (κ2) is 4.56. The van der Waals surface area contributed by atoms with Gasteiger partial charge < -0.3 is 15.3 Å². The van der Waals surface area contributed by atoms with Crippen molar-refractivity contribution in [3.8, 4) is 5.75 Å².